The maximum atomic E-state index is 8.36. The van der Waals surface area contributed by atoms with E-state index < -0.39 is 0 Å². The summed E-state index contributed by atoms with van der Waals surface area (Å²) in [6.45, 7) is 16.6. The van der Waals surface area contributed by atoms with E-state index in [-0.39, 0.29) is 6.47 Å². The molecule has 0 radical (unpaired) electrons. The maximum Gasteiger partial charge on any atom is 0.290 e. The summed E-state index contributed by atoms with van der Waals surface area (Å²) in [5.41, 5.74) is 2.76. The van der Waals surface area contributed by atoms with Crippen LogP contribution in [0.4, 0.5) is 0 Å². The number of hydrogen-bond acceptors (Lipinski definition) is 4. The lowest BCUT2D eigenvalue weighted by molar-refractivity contribution is -0.122. The molecular weight excluding hydrogens is 388 g/mol. The number of allylic oxidation sites excluding steroid dienone is 1. The number of nitrogens with zero attached hydrogens (tertiary/aromatic N) is 2. The van der Waals surface area contributed by atoms with E-state index in [1.807, 2.05) is 38.1 Å². The van der Waals surface area contributed by atoms with Gasteiger partial charge < -0.3 is 14.7 Å². The number of hydrogen-bond donors (Lipinski definition) is 1. The molecule has 2 aliphatic heterocycles. The number of piperazine rings is 1. The predicted molar refractivity (Wildman–Crippen MR) is 119 cm³/mol. The minimum Gasteiger partial charge on any atom is -0.483 e. The lowest BCUT2D eigenvalue weighted by Crippen LogP contribution is -2.49. The first-order valence-electron chi connectivity index (χ1n) is 9.86. The second kappa shape index (κ2) is 13.8. The molecule has 1 aromatic rings. The Balaban J connectivity index is 0.000000771. The van der Waals surface area contributed by atoms with Crippen LogP contribution in [0.15, 0.2) is 48.8 Å². The van der Waals surface area contributed by atoms with Crippen molar-refractivity contribution >= 4 is 18.1 Å². The molecule has 0 unspecified atom stereocenters. The van der Waals surface area contributed by atoms with E-state index in [0.717, 1.165) is 62.6 Å². The SMILES string of the molecule is C=C(C#Cc1cccc(Cl)c1)N1CCN(C2CCOCC2)CC1=C.CC.O=CO. The van der Waals surface area contributed by atoms with Gasteiger partial charge in [0.1, 0.15) is 0 Å². The average Bonchev–Trinajstić information content (AvgIpc) is 2.75. The van der Waals surface area contributed by atoms with Gasteiger partial charge in [-0.25, -0.2) is 0 Å². The zero-order chi connectivity index (χ0) is 21.6. The number of halogens is 1. The highest BCUT2D eigenvalue weighted by Crippen LogP contribution is 2.22. The van der Waals surface area contributed by atoms with Gasteiger partial charge in [-0.3, -0.25) is 9.69 Å². The molecule has 0 atom stereocenters. The van der Waals surface area contributed by atoms with E-state index in [9.17, 15) is 0 Å². The topological polar surface area (TPSA) is 53.0 Å². The maximum absolute atomic E-state index is 8.36. The Morgan fingerprint density at radius 1 is 1.31 bits per heavy atom. The van der Waals surface area contributed by atoms with E-state index in [2.05, 4.69) is 34.8 Å². The van der Waals surface area contributed by atoms with Crippen LogP contribution < -0.4 is 0 Å². The molecule has 2 aliphatic rings. The van der Waals surface area contributed by atoms with Gasteiger partial charge in [-0.15, -0.1) is 0 Å². The van der Waals surface area contributed by atoms with Gasteiger partial charge in [-0.2, -0.15) is 0 Å². The van der Waals surface area contributed by atoms with Gasteiger partial charge in [0, 0.05) is 55.2 Å². The summed E-state index contributed by atoms with van der Waals surface area (Å²) in [5, 5.41) is 7.59. The summed E-state index contributed by atoms with van der Waals surface area (Å²) in [7, 11) is 0. The van der Waals surface area contributed by atoms with Crippen molar-refractivity contribution in [3.8, 4) is 11.8 Å². The van der Waals surface area contributed by atoms with E-state index >= 15 is 0 Å². The molecule has 0 bridgehead atoms. The fraction of sp³-hybridized carbons (Fsp3) is 0.435. The average molecular weight is 419 g/mol. The van der Waals surface area contributed by atoms with Gasteiger partial charge in [0.2, 0.25) is 0 Å². The molecule has 0 amide bonds. The third-order valence-corrected chi connectivity index (χ3v) is 4.82. The fourth-order valence-electron chi connectivity index (χ4n) is 3.25. The van der Waals surface area contributed by atoms with Gasteiger partial charge in [-0.05, 0) is 37.0 Å². The monoisotopic (exact) mass is 418 g/mol. The summed E-state index contributed by atoms with van der Waals surface area (Å²) in [5.74, 6) is 6.27. The first-order valence-corrected chi connectivity index (χ1v) is 10.2. The Kier molecular flexibility index (Phi) is 11.8. The number of rotatable bonds is 2. The van der Waals surface area contributed by atoms with Crippen LogP contribution >= 0.6 is 11.6 Å². The highest BCUT2D eigenvalue weighted by molar-refractivity contribution is 6.30. The van der Waals surface area contributed by atoms with Crippen molar-refractivity contribution in [2.24, 2.45) is 0 Å². The van der Waals surface area contributed by atoms with Crippen molar-refractivity contribution in [2.45, 2.75) is 32.7 Å². The molecule has 0 aromatic heterocycles. The van der Waals surface area contributed by atoms with Gasteiger partial charge in [0.05, 0.1) is 5.70 Å². The predicted octanol–water partition coefficient (Wildman–Crippen LogP) is 4.24. The molecule has 158 valence electrons. The van der Waals surface area contributed by atoms with E-state index in [1.165, 1.54) is 0 Å². The minimum absolute atomic E-state index is 0.250. The normalized spacial score (nSPS) is 16.9. The second-order valence-corrected chi connectivity index (χ2v) is 6.78. The number of ether oxygens (including phenoxy) is 1. The number of carbonyl (C=O) groups is 1. The highest BCUT2D eigenvalue weighted by atomic mass is 35.5. The van der Waals surface area contributed by atoms with Crippen LogP contribution in [-0.2, 0) is 9.53 Å². The quantitative estimate of drug-likeness (QED) is 0.575. The van der Waals surface area contributed by atoms with Gasteiger partial charge in [0.15, 0.2) is 0 Å². The van der Waals surface area contributed by atoms with Gasteiger partial charge >= 0.3 is 0 Å². The Labute approximate surface area is 179 Å². The Hall–Kier alpha value is -2.26. The largest absolute Gasteiger partial charge is 0.483 e. The van der Waals surface area contributed by atoms with Crippen molar-refractivity contribution in [3.05, 3.63) is 59.4 Å². The van der Waals surface area contributed by atoms with Crippen molar-refractivity contribution in [1.29, 1.82) is 0 Å². The summed E-state index contributed by atoms with van der Waals surface area (Å²) in [6, 6.07) is 8.17. The highest BCUT2D eigenvalue weighted by Gasteiger charge is 2.27. The molecule has 2 fully saturated rings. The fourth-order valence-corrected chi connectivity index (χ4v) is 3.44. The standard InChI is InChI=1S/C20H23ClN2O.C2H6.CH2O2/c1-16(6-7-18-4-3-5-19(21)14-18)23-11-10-22(15-17(23)2)20-8-12-24-13-9-20;1-2;2-1-3/h3-5,14,20H,1-2,8-13,15H2;1-2H3;1H,(H,2,3). The Bertz CT molecular complexity index is 733. The third-order valence-electron chi connectivity index (χ3n) is 4.59. The van der Waals surface area contributed by atoms with Crippen LogP contribution in [0.25, 0.3) is 0 Å². The molecule has 1 aromatic carbocycles. The first-order chi connectivity index (χ1) is 14.0. The molecule has 1 N–H and O–H groups in total. The lowest BCUT2D eigenvalue weighted by Gasteiger charge is -2.42. The van der Waals surface area contributed by atoms with Crippen molar-refractivity contribution in [3.63, 3.8) is 0 Å². The second-order valence-electron chi connectivity index (χ2n) is 6.34. The van der Waals surface area contributed by atoms with Crippen LogP contribution in [0.1, 0.15) is 32.3 Å². The molecule has 0 spiro atoms. The Morgan fingerprint density at radius 2 is 1.97 bits per heavy atom. The summed E-state index contributed by atoms with van der Waals surface area (Å²) in [6.07, 6.45) is 2.23. The molecule has 3 rings (SSSR count). The smallest absolute Gasteiger partial charge is 0.290 e. The molecule has 2 heterocycles. The Morgan fingerprint density at radius 3 is 2.55 bits per heavy atom. The zero-order valence-electron chi connectivity index (χ0n) is 17.4. The molecular formula is C23H31ClN2O3. The van der Waals surface area contributed by atoms with Gasteiger partial charge in [-0.1, -0.05) is 50.6 Å². The van der Waals surface area contributed by atoms with Crippen molar-refractivity contribution < 1.29 is 14.6 Å². The third kappa shape index (κ3) is 8.33. The van der Waals surface area contributed by atoms with Crippen LogP contribution in [-0.4, -0.2) is 60.3 Å². The molecule has 6 heteroatoms. The van der Waals surface area contributed by atoms with E-state index in [4.69, 9.17) is 26.2 Å². The number of carboxylic acid groups (broad SMARTS) is 1. The molecule has 29 heavy (non-hydrogen) atoms. The molecule has 0 saturated carbocycles. The lowest BCUT2D eigenvalue weighted by atomic mass is 10.1. The number of benzene rings is 1. The van der Waals surface area contributed by atoms with Crippen LogP contribution in [0.5, 0.6) is 0 Å². The summed E-state index contributed by atoms with van der Waals surface area (Å²) < 4.78 is 5.46. The molecule has 0 aliphatic carbocycles. The summed E-state index contributed by atoms with van der Waals surface area (Å²) >= 11 is 5.99. The van der Waals surface area contributed by atoms with Crippen LogP contribution in [0.3, 0.4) is 0 Å². The van der Waals surface area contributed by atoms with E-state index in [1.54, 1.807) is 0 Å². The zero-order valence-corrected chi connectivity index (χ0v) is 18.1. The molecule has 2 saturated heterocycles. The van der Waals surface area contributed by atoms with Gasteiger partial charge in [0.25, 0.3) is 6.47 Å². The van der Waals surface area contributed by atoms with Crippen LogP contribution in [0.2, 0.25) is 5.02 Å². The summed E-state index contributed by atoms with van der Waals surface area (Å²) in [4.78, 5) is 13.0. The molecule has 5 nitrogen and oxygen atoms in total. The van der Waals surface area contributed by atoms with E-state index in [0.29, 0.717) is 11.1 Å². The van der Waals surface area contributed by atoms with Crippen molar-refractivity contribution in [2.75, 3.05) is 32.8 Å². The first kappa shape index (κ1) is 24.8. The minimum atomic E-state index is -0.250. The van der Waals surface area contributed by atoms with Crippen molar-refractivity contribution in [1.82, 2.24) is 9.80 Å². The van der Waals surface area contributed by atoms with Crippen LogP contribution in [0, 0.1) is 11.8 Å².